The zero-order valence-corrected chi connectivity index (χ0v) is 13.4. The standard InChI is InChI=1S/C21H16FNO2/c22-17-11-12-19-18(13-17)21(25,16-9-5-2-6-10-16)20(24)23(19)14-15-7-3-1-4-8-15/h1-13,25H,14H2. The molecule has 0 saturated heterocycles. The molecule has 0 aromatic heterocycles. The van der Waals surface area contributed by atoms with Crippen LogP contribution in [-0.2, 0) is 16.9 Å². The second kappa shape index (κ2) is 5.83. The van der Waals surface area contributed by atoms with Gasteiger partial charge < -0.3 is 10.0 Å². The maximum absolute atomic E-state index is 13.9. The molecule has 124 valence electrons. The second-order valence-corrected chi connectivity index (χ2v) is 6.11. The molecule has 0 spiro atoms. The third-order valence-corrected chi connectivity index (χ3v) is 4.57. The fraction of sp³-hybridized carbons (Fsp3) is 0.0952. The van der Waals surface area contributed by atoms with Crippen LogP contribution in [0.4, 0.5) is 10.1 Å². The summed E-state index contributed by atoms with van der Waals surface area (Å²) in [5.41, 5.74) is 0.292. The van der Waals surface area contributed by atoms with E-state index in [0.717, 1.165) is 5.56 Å². The van der Waals surface area contributed by atoms with Gasteiger partial charge in [-0.3, -0.25) is 4.79 Å². The Hall–Kier alpha value is -2.98. The summed E-state index contributed by atoms with van der Waals surface area (Å²) in [6.07, 6.45) is 0. The molecule has 1 aliphatic heterocycles. The molecule has 1 amide bonds. The van der Waals surface area contributed by atoms with Gasteiger partial charge in [0.25, 0.3) is 5.91 Å². The first kappa shape index (κ1) is 15.5. The summed E-state index contributed by atoms with van der Waals surface area (Å²) in [7, 11) is 0. The highest BCUT2D eigenvalue weighted by atomic mass is 19.1. The molecule has 3 aromatic carbocycles. The number of carbonyl (C=O) groups is 1. The van der Waals surface area contributed by atoms with Gasteiger partial charge in [-0.15, -0.1) is 0 Å². The third-order valence-electron chi connectivity index (χ3n) is 4.57. The second-order valence-electron chi connectivity index (χ2n) is 6.11. The Morgan fingerprint density at radius 2 is 1.56 bits per heavy atom. The van der Waals surface area contributed by atoms with Crippen molar-refractivity contribution in [1.29, 1.82) is 0 Å². The zero-order chi connectivity index (χ0) is 17.4. The van der Waals surface area contributed by atoms with Crippen molar-refractivity contribution in [3.8, 4) is 0 Å². The quantitative estimate of drug-likeness (QED) is 0.795. The van der Waals surface area contributed by atoms with Gasteiger partial charge in [0.15, 0.2) is 5.60 Å². The largest absolute Gasteiger partial charge is 0.372 e. The molecule has 0 aliphatic carbocycles. The van der Waals surface area contributed by atoms with Crippen LogP contribution in [0.5, 0.6) is 0 Å². The van der Waals surface area contributed by atoms with Gasteiger partial charge in [-0.1, -0.05) is 60.7 Å². The van der Waals surface area contributed by atoms with E-state index in [1.807, 2.05) is 30.3 Å². The van der Waals surface area contributed by atoms with Crippen LogP contribution in [0, 0.1) is 5.82 Å². The molecule has 0 fully saturated rings. The smallest absolute Gasteiger partial charge is 0.268 e. The number of amides is 1. The van der Waals surface area contributed by atoms with Gasteiger partial charge in [-0.25, -0.2) is 4.39 Å². The lowest BCUT2D eigenvalue weighted by molar-refractivity contribution is -0.132. The summed E-state index contributed by atoms with van der Waals surface area (Å²) in [5.74, 6) is -0.953. The van der Waals surface area contributed by atoms with Crippen molar-refractivity contribution >= 4 is 11.6 Å². The highest BCUT2D eigenvalue weighted by molar-refractivity contribution is 6.09. The van der Waals surface area contributed by atoms with E-state index >= 15 is 0 Å². The van der Waals surface area contributed by atoms with Crippen molar-refractivity contribution in [2.45, 2.75) is 12.1 Å². The number of hydrogen-bond acceptors (Lipinski definition) is 2. The molecule has 1 heterocycles. The Morgan fingerprint density at radius 3 is 2.24 bits per heavy atom. The van der Waals surface area contributed by atoms with Gasteiger partial charge in [0.2, 0.25) is 0 Å². The normalized spacial score (nSPS) is 19.1. The summed E-state index contributed by atoms with van der Waals surface area (Å²) in [6.45, 7) is 0.313. The van der Waals surface area contributed by atoms with Crippen molar-refractivity contribution in [2.24, 2.45) is 0 Å². The minimum atomic E-state index is -1.88. The molecule has 4 rings (SSSR count). The van der Waals surface area contributed by atoms with Crippen molar-refractivity contribution in [1.82, 2.24) is 0 Å². The third kappa shape index (κ3) is 2.42. The molecule has 1 aliphatic rings. The summed E-state index contributed by atoms with van der Waals surface area (Å²) in [6, 6.07) is 22.3. The van der Waals surface area contributed by atoms with Crippen molar-refractivity contribution < 1.29 is 14.3 Å². The van der Waals surface area contributed by atoms with Crippen LogP contribution in [0.1, 0.15) is 16.7 Å². The Bertz CT molecular complexity index is 927. The van der Waals surface area contributed by atoms with Crippen LogP contribution in [-0.4, -0.2) is 11.0 Å². The minimum Gasteiger partial charge on any atom is -0.372 e. The number of aliphatic hydroxyl groups is 1. The lowest BCUT2D eigenvalue weighted by Gasteiger charge is -2.23. The summed E-state index contributed by atoms with van der Waals surface area (Å²) >= 11 is 0. The highest BCUT2D eigenvalue weighted by Crippen LogP contribution is 2.45. The lowest BCUT2D eigenvalue weighted by Crippen LogP contribution is -2.40. The van der Waals surface area contributed by atoms with Gasteiger partial charge in [-0.05, 0) is 29.3 Å². The molecule has 1 unspecified atom stereocenters. The summed E-state index contributed by atoms with van der Waals surface area (Å²) < 4.78 is 13.9. The van der Waals surface area contributed by atoms with Gasteiger partial charge >= 0.3 is 0 Å². The van der Waals surface area contributed by atoms with Gasteiger partial charge in [0.05, 0.1) is 12.2 Å². The van der Waals surface area contributed by atoms with Gasteiger partial charge in [0, 0.05) is 5.56 Å². The molecule has 3 aromatic rings. The molecule has 3 nitrogen and oxygen atoms in total. The van der Waals surface area contributed by atoms with Crippen LogP contribution >= 0.6 is 0 Å². The molecule has 25 heavy (non-hydrogen) atoms. The van der Waals surface area contributed by atoms with Crippen molar-refractivity contribution in [2.75, 3.05) is 4.90 Å². The first-order chi connectivity index (χ1) is 12.1. The van der Waals surface area contributed by atoms with Gasteiger partial charge in [-0.2, -0.15) is 0 Å². The summed E-state index contributed by atoms with van der Waals surface area (Å²) in [5, 5.41) is 11.3. The van der Waals surface area contributed by atoms with E-state index in [1.54, 1.807) is 36.4 Å². The molecular weight excluding hydrogens is 317 g/mol. The number of rotatable bonds is 3. The maximum Gasteiger partial charge on any atom is 0.268 e. The van der Waals surface area contributed by atoms with E-state index < -0.39 is 17.3 Å². The summed E-state index contributed by atoms with van der Waals surface area (Å²) in [4.78, 5) is 14.7. The average Bonchev–Trinajstić information content (AvgIpc) is 2.86. The highest BCUT2D eigenvalue weighted by Gasteiger charge is 2.51. The topological polar surface area (TPSA) is 40.5 Å². The average molecular weight is 333 g/mol. The number of fused-ring (bicyclic) bond motifs is 1. The van der Waals surface area contributed by atoms with Crippen LogP contribution in [0.3, 0.4) is 0 Å². The number of anilines is 1. The maximum atomic E-state index is 13.9. The Morgan fingerprint density at radius 1 is 0.920 bits per heavy atom. The number of nitrogens with zero attached hydrogens (tertiary/aromatic N) is 1. The molecule has 0 bridgehead atoms. The van der Waals surface area contributed by atoms with Crippen molar-refractivity contribution in [3.63, 3.8) is 0 Å². The van der Waals surface area contributed by atoms with E-state index in [9.17, 15) is 14.3 Å². The van der Waals surface area contributed by atoms with Gasteiger partial charge in [0.1, 0.15) is 5.82 Å². The fourth-order valence-corrected chi connectivity index (χ4v) is 3.33. The van der Waals surface area contributed by atoms with Crippen LogP contribution < -0.4 is 4.90 Å². The number of benzene rings is 3. The molecular formula is C21H16FNO2. The van der Waals surface area contributed by atoms with E-state index in [2.05, 4.69) is 0 Å². The first-order valence-corrected chi connectivity index (χ1v) is 8.04. The van der Waals surface area contributed by atoms with E-state index in [-0.39, 0.29) is 5.56 Å². The molecule has 1 atom stereocenters. The number of hydrogen-bond donors (Lipinski definition) is 1. The predicted molar refractivity (Wildman–Crippen MR) is 93.5 cm³/mol. The predicted octanol–water partition coefficient (Wildman–Crippen LogP) is 3.61. The number of halogens is 1. The van der Waals surface area contributed by atoms with Crippen LogP contribution in [0.25, 0.3) is 0 Å². The Labute approximate surface area is 145 Å². The van der Waals surface area contributed by atoms with Crippen LogP contribution in [0.2, 0.25) is 0 Å². The van der Waals surface area contributed by atoms with Crippen LogP contribution in [0.15, 0.2) is 78.9 Å². The lowest BCUT2D eigenvalue weighted by atomic mass is 9.87. The Balaban J connectivity index is 1.86. The zero-order valence-electron chi connectivity index (χ0n) is 13.4. The van der Waals surface area contributed by atoms with Crippen molar-refractivity contribution in [3.05, 3.63) is 101 Å². The molecule has 1 N–H and O–H groups in total. The van der Waals surface area contributed by atoms with E-state index in [1.165, 1.54) is 17.0 Å². The Kier molecular flexibility index (Phi) is 3.62. The van der Waals surface area contributed by atoms with E-state index in [4.69, 9.17) is 0 Å². The minimum absolute atomic E-state index is 0.277. The van der Waals surface area contributed by atoms with E-state index in [0.29, 0.717) is 17.8 Å². The number of carbonyl (C=O) groups excluding carboxylic acids is 1. The SMILES string of the molecule is O=C1N(Cc2ccccc2)c2ccc(F)cc2C1(O)c1ccccc1. The monoisotopic (exact) mass is 333 g/mol. The molecule has 0 radical (unpaired) electrons. The fourth-order valence-electron chi connectivity index (χ4n) is 3.33. The molecule has 0 saturated carbocycles. The first-order valence-electron chi connectivity index (χ1n) is 8.04. The molecule has 4 heteroatoms.